The first-order valence-electron chi connectivity index (χ1n) is 8.27. The largest absolute Gasteiger partial charge is 0.492 e. The van der Waals surface area contributed by atoms with E-state index in [0.29, 0.717) is 12.4 Å². The molecule has 1 aromatic carbocycles. The molecule has 0 unspecified atom stereocenters. The summed E-state index contributed by atoms with van der Waals surface area (Å²) in [5.74, 6) is 1.54. The van der Waals surface area contributed by atoms with E-state index in [9.17, 15) is 8.42 Å². The average Bonchev–Trinajstić information content (AvgIpc) is 2.72. The molecule has 1 heterocycles. The molecule has 1 fully saturated rings. The van der Waals surface area contributed by atoms with Crippen LogP contribution in [0.5, 0.6) is 5.75 Å². The summed E-state index contributed by atoms with van der Waals surface area (Å²) < 4.78 is 31.0. The lowest BCUT2D eigenvalue weighted by Gasteiger charge is -2.20. The number of hydrogen-bond acceptors (Lipinski definition) is 4. The van der Waals surface area contributed by atoms with Gasteiger partial charge in [-0.15, -0.1) is 0 Å². The van der Waals surface area contributed by atoms with Crippen LogP contribution in [0.25, 0.3) is 0 Å². The van der Waals surface area contributed by atoms with Crippen molar-refractivity contribution in [2.75, 3.05) is 40.3 Å². The van der Waals surface area contributed by atoms with Crippen molar-refractivity contribution in [2.45, 2.75) is 31.1 Å². The molecule has 2 rings (SSSR count). The van der Waals surface area contributed by atoms with E-state index in [1.54, 1.807) is 24.3 Å². The average molecular weight is 340 g/mol. The zero-order chi connectivity index (χ0) is 16.9. The molecule has 1 aromatic rings. The van der Waals surface area contributed by atoms with Crippen LogP contribution in [0, 0.1) is 5.92 Å². The summed E-state index contributed by atoms with van der Waals surface area (Å²) in [6, 6.07) is 6.64. The van der Waals surface area contributed by atoms with Crippen molar-refractivity contribution in [3.05, 3.63) is 24.3 Å². The van der Waals surface area contributed by atoms with Crippen LogP contribution in [0.3, 0.4) is 0 Å². The second-order valence-electron chi connectivity index (χ2n) is 6.49. The van der Waals surface area contributed by atoms with E-state index in [0.717, 1.165) is 25.6 Å². The highest BCUT2D eigenvalue weighted by atomic mass is 32.2. The van der Waals surface area contributed by atoms with E-state index in [2.05, 4.69) is 11.8 Å². The minimum atomic E-state index is -3.37. The highest BCUT2D eigenvalue weighted by molar-refractivity contribution is 7.89. The molecule has 0 aliphatic carbocycles. The van der Waals surface area contributed by atoms with Crippen molar-refractivity contribution in [1.29, 1.82) is 0 Å². The Morgan fingerprint density at radius 2 is 1.87 bits per heavy atom. The van der Waals surface area contributed by atoms with Gasteiger partial charge in [0.15, 0.2) is 0 Å². The maximum absolute atomic E-state index is 12.0. The molecule has 6 heteroatoms. The van der Waals surface area contributed by atoms with Gasteiger partial charge in [0.2, 0.25) is 10.0 Å². The van der Waals surface area contributed by atoms with E-state index in [-0.39, 0.29) is 4.90 Å². The van der Waals surface area contributed by atoms with Gasteiger partial charge in [-0.2, -0.15) is 0 Å². The van der Waals surface area contributed by atoms with Crippen molar-refractivity contribution in [1.82, 2.24) is 9.21 Å². The van der Waals surface area contributed by atoms with Gasteiger partial charge < -0.3 is 4.74 Å². The van der Waals surface area contributed by atoms with E-state index in [1.807, 2.05) is 0 Å². The number of likely N-dealkylation sites (tertiary alicyclic amines) is 1. The highest BCUT2D eigenvalue weighted by Crippen LogP contribution is 2.19. The SMILES string of the molecule is C[C@H]1CCCN(CCOc2ccc(S(=O)(=O)N(C)C)cc2)CC1. The summed E-state index contributed by atoms with van der Waals surface area (Å²) >= 11 is 0. The van der Waals surface area contributed by atoms with Gasteiger partial charge in [-0.3, -0.25) is 4.90 Å². The predicted molar refractivity (Wildman–Crippen MR) is 92.3 cm³/mol. The molecule has 0 saturated carbocycles. The molecule has 0 bridgehead atoms. The molecule has 0 N–H and O–H groups in total. The summed E-state index contributed by atoms with van der Waals surface area (Å²) in [5.41, 5.74) is 0. The summed E-state index contributed by atoms with van der Waals surface area (Å²) in [6.45, 7) is 6.17. The molecule has 1 atom stereocenters. The third kappa shape index (κ3) is 5.19. The second-order valence-corrected chi connectivity index (χ2v) is 8.64. The lowest BCUT2D eigenvalue weighted by atomic mass is 10.0. The number of rotatable bonds is 6. The fourth-order valence-corrected chi connectivity index (χ4v) is 3.66. The van der Waals surface area contributed by atoms with Gasteiger partial charge in [0.1, 0.15) is 12.4 Å². The first-order valence-corrected chi connectivity index (χ1v) is 9.71. The molecule has 130 valence electrons. The summed E-state index contributed by atoms with van der Waals surface area (Å²) in [7, 11) is -0.312. The van der Waals surface area contributed by atoms with E-state index in [4.69, 9.17) is 4.74 Å². The fourth-order valence-electron chi connectivity index (χ4n) is 2.76. The lowest BCUT2D eigenvalue weighted by molar-refractivity contribution is 0.212. The Morgan fingerprint density at radius 3 is 2.52 bits per heavy atom. The molecule has 1 saturated heterocycles. The first-order chi connectivity index (χ1) is 10.9. The summed E-state index contributed by atoms with van der Waals surface area (Å²) in [5, 5.41) is 0. The van der Waals surface area contributed by atoms with Crippen LogP contribution >= 0.6 is 0 Å². The van der Waals surface area contributed by atoms with Crippen molar-refractivity contribution in [2.24, 2.45) is 5.92 Å². The van der Waals surface area contributed by atoms with Crippen LogP contribution in [0.1, 0.15) is 26.2 Å². The Hall–Kier alpha value is -1.11. The zero-order valence-corrected chi connectivity index (χ0v) is 15.2. The lowest BCUT2D eigenvalue weighted by Crippen LogP contribution is -2.29. The van der Waals surface area contributed by atoms with Crippen molar-refractivity contribution < 1.29 is 13.2 Å². The Balaban J connectivity index is 1.82. The van der Waals surface area contributed by atoms with Gasteiger partial charge in [0.05, 0.1) is 4.90 Å². The van der Waals surface area contributed by atoms with Gasteiger partial charge in [0.25, 0.3) is 0 Å². The highest BCUT2D eigenvalue weighted by Gasteiger charge is 2.17. The van der Waals surface area contributed by atoms with Gasteiger partial charge >= 0.3 is 0 Å². The maximum Gasteiger partial charge on any atom is 0.242 e. The van der Waals surface area contributed by atoms with Gasteiger partial charge in [-0.25, -0.2) is 12.7 Å². The van der Waals surface area contributed by atoms with Crippen molar-refractivity contribution in [3.8, 4) is 5.75 Å². The number of hydrogen-bond donors (Lipinski definition) is 0. The molecule has 0 spiro atoms. The molecule has 0 aromatic heterocycles. The Bertz CT molecular complexity index is 584. The molecule has 1 aliphatic heterocycles. The quantitative estimate of drug-likeness (QED) is 0.798. The van der Waals surface area contributed by atoms with Crippen LogP contribution < -0.4 is 4.74 Å². The monoisotopic (exact) mass is 340 g/mol. The van der Waals surface area contributed by atoms with Gasteiger partial charge in [-0.05, 0) is 62.5 Å². The number of nitrogens with zero attached hydrogens (tertiary/aromatic N) is 2. The predicted octanol–water partition coefficient (Wildman–Crippen LogP) is 2.44. The molecule has 5 nitrogen and oxygen atoms in total. The second kappa shape index (κ2) is 8.13. The minimum Gasteiger partial charge on any atom is -0.492 e. The van der Waals surface area contributed by atoms with Crippen LogP contribution in [0.15, 0.2) is 29.2 Å². The normalized spacial score (nSPS) is 20.4. The molecule has 0 amide bonds. The summed E-state index contributed by atoms with van der Waals surface area (Å²) in [6.07, 6.45) is 3.84. The summed E-state index contributed by atoms with van der Waals surface area (Å²) in [4.78, 5) is 2.74. The van der Waals surface area contributed by atoms with E-state index >= 15 is 0 Å². The zero-order valence-electron chi connectivity index (χ0n) is 14.4. The van der Waals surface area contributed by atoms with Crippen LogP contribution in [0.2, 0.25) is 0 Å². The number of ether oxygens (including phenoxy) is 1. The van der Waals surface area contributed by atoms with E-state index in [1.165, 1.54) is 37.7 Å². The number of sulfonamides is 1. The Morgan fingerprint density at radius 1 is 1.17 bits per heavy atom. The van der Waals surface area contributed by atoms with Crippen LogP contribution in [-0.2, 0) is 10.0 Å². The standard InChI is InChI=1S/C17H28N2O3S/c1-15-5-4-11-19(12-10-15)13-14-22-16-6-8-17(9-7-16)23(20,21)18(2)3/h6-9,15H,4-5,10-14H2,1-3H3/t15-/m0/s1. The molecular weight excluding hydrogens is 312 g/mol. The number of benzene rings is 1. The fraction of sp³-hybridized carbons (Fsp3) is 0.647. The first kappa shape index (κ1) is 18.2. The third-order valence-electron chi connectivity index (χ3n) is 4.39. The van der Waals surface area contributed by atoms with Crippen molar-refractivity contribution in [3.63, 3.8) is 0 Å². The molecular formula is C17H28N2O3S. The van der Waals surface area contributed by atoms with Gasteiger partial charge in [-0.1, -0.05) is 6.92 Å². The maximum atomic E-state index is 12.0. The molecule has 23 heavy (non-hydrogen) atoms. The third-order valence-corrected chi connectivity index (χ3v) is 6.22. The van der Waals surface area contributed by atoms with Crippen LogP contribution in [0.4, 0.5) is 0 Å². The van der Waals surface area contributed by atoms with Crippen molar-refractivity contribution >= 4 is 10.0 Å². The Labute approximate surface area is 140 Å². The van der Waals surface area contributed by atoms with Crippen LogP contribution in [-0.4, -0.2) is 58.0 Å². The minimum absolute atomic E-state index is 0.288. The molecule has 0 radical (unpaired) electrons. The molecule has 1 aliphatic rings. The topological polar surface area (TPSA) is 49.9 Å². The van der Waals surface area contributed by atoms with Gasteiger partial charge in [0, 0.05) is 20.6 Å². The smallest absolute Gasteiger partial charge is 0.242 e. The van der Waals surface area contributed by atoms with E-state index < -0.39 is 10.0 Å². The Kier molecular flexibility index (Phi) is 6.44.